The van der Waals surface area contributed by atoms with Crippen LogP contribution in [0.3, 0.4) is 0 Å². The minimum atomic E-state index is -3.02. The van der Waals surface area contributed by atoms with Gasteiger partial charge in [0.25, 0.3) is 0 Å². The van der Waals surface area contributed by atoms with Gasteiger partial charge < -0.3 is 0 Å². The summed E-state index contributed by atoms with van der Waals surface area (Å²) in [4.78, 5) is 4.34. The van der Waals surface area contributed by atoms with E-state index in [4.69, 9.17) is 0 Å². The van der Waals surface area contributed by atoms with Crippen LogP contribution in [0.2, 0.25) is 0 Å². The van der Waals surface area contributed by atoms with Crippen molar-refractivity contribution < 1.29 is 8.42 Å². The Balaban J connectivity index is 2.34. The van der Waals surface area contributed by atoms with Gasteiger partial charge in [0.1, 0.15) is 10.8 Å². The normalized spacial score (nSPS) is 11.6. The Morgan fingerprint density at radius 1 is 1.35 bits per heavy atom. The van der Waals surface area contributed by atoms with Gasteiger partial charge in [0.15, 0.2) is 9.84 Å². The summed E-state index contributed by atoms with van der Waals surface area (Å²) >= 11 is 4.82. The summed E-state index contributed by atoms with van der Waals surface area (Å²) in [5, 5.41) is 2.50. The molecule has 0 spiro atoms. The van der Waals surface area contributed by atoms with Crippen LogP contribution in [0.15, 0.2) is 34.1 Å². The van der Waals surface area contributed by atoms with E-state index in [0.29, 0.717) is 5.01 Å². The van der Waals surface area contributed by atoms with Gasteiger partial charge in [-0.2, -0.15) is 0 Å². The Labute approximate surface area is 113 Å². The lowest BCUT2D eigenvalue weighted by Crippen LogP contribution is -1.99. The zero-order valence-electron chi connectivity index (χ0n) is 9.05. The molecule has 90 valence electrons. The molecule has 17 heavy (non-hydrogen) atoms. The number of sulfone groups is 1. The standard InChI is InChI=1S/C11H10BrNO2S2/c1-17(14,15)7-11-13-10(6-16-11)8-4-2-3-5-9(8)12/h2-6H,7H2,1H3. The number of aromatic nitrogens is 1. The van der Waals surface area contributed by atoms with Gasteiger partial charge in [-0.25, -0.2) is 13.4 Å². The van der Waals surface area contributed by atoms with Crippen molar-refractivity contribution in [3.8, 4) is 11.3 Å². The predicted molar refractivity (Wildman–Crippen MR) is 73.8 cm³/mol. The minimum Gasteiger partial charge on any atom is -0.240 e. The van der Waals surface area contributed by atoms with E-state index >= 15 is 0 Å². The molecule has 0 atom stereocenters. The smallest absolute Gasteiger partial charge is 0.153 e. The quantitative estimate of drug-likeness (QED) is 0.868. The number of benzene rings is 1. The third kappa shape index (κ3) is 3.37. The number of nitrogens with zero attached hydrogens (tertiary/aromatic N) is 1. The SMILES string of the molecule is CS(=O)(=O)Cc1nc(-c2ccccc2Br)cs1. The van der Waals surface area contributed by atoms with Crippen LogP contribution in [0.4, 0.5) is 0 Å². The summed E-state index contributed by atoms with van der Waals surface area (Å²) < 4.78 is 23.3. The van der Waals surface area contributed by atoms with Gasteiger partial charge in [-0.15, -0.1) is 11.3 Å². The molecule has 0 amide bonds. The molecule has 2 aromatic rings. The molecular formula is C11H10BrNO2S2. The fraction of sp³-hybridized carbons (Fsp3) is 0.182. The fourth-order valence-electron chi connectivity index (χ4n) is 1.39. The van der Waals surface area contributed by atoms with Gasteiger partial charge >= 0.3 is 0 Å². The molecule has 0 aliphatic rings. The van der Waals surface area contributed by atoms with E-state index in [0.717, 1.165) is 15.7 Å². The molecule has 0 aliphatic heterocycles. The topological polar surface area (TPSA) is 47.0 Å². The van der Waals surface area contributed by atoms with Gasteiger partial charge in [0, 0.05) is 21.7 Å². The van der Waals surface area contributed by atoms with E-state index in [2.05, 4.69) is 20.9 Å². The zero-order chi connectivity index (χ0) is 12.5. The van der Waals surface area contributed by atoms with Gasteiger partial charge in [0.2, 0.25) is 0 Å². The summed E-state index contributed by atoms with van der Waals surface area (Å²) in [5.41, 5.74) is 1.78. The van der Waals surface area contributed by atoms with Crippen molar-refractivity contribution in [2.75, 3.05) is 6.26 Å². The third-order valence-electron chi connectivity index (χ3n) is 2.09. The van der Waals surface area contributed by atoms with Crippen molar-refractivity contribution in [2.45, 2.75) is 5.75 Å². The number of hydrogen-bond acceptors (Lipinski definition) is 4. The highest BCUT2D eigenvalue weighted by Gasteiger charge is 2.11. The van der Waals surface area contributed by atoms with E-state index in [1.165, 1.54) is 17.6 Å². The number of thiazole rings is 1. The lowest BCUT2D eigenvalue weighted by molar-refractivity contribution is 0.601. The third-order valence-corrected chi connectivity index (χ3v) is 4.61. The van der Waals surface area contributed by atoms with Crippen LogP contribution in [0.5, 0.6) is 0 Å². The van der Waals surface area contributed by atoms with Crippen LogP contribution in [0.1, 0.15) is 5.01 Å². The van der Waals surface area contributed by atoms with Crippen LogP contribution < -0.4 is 0 Å². The zero-order valence-corrected chi connectivity index (χ0v) is 12.3. The molecule has 1 heterocycles. The van der Waals surface area contributed by atoms with Crippen molar-refractivity contribution in [2.24, 2.45) is 0 Å². The molecule has 0 saturated carbocycles. The molecule has 0 N–H and O–H groups in total. The van der Waals surface area contributed by atoms with Crippen molar-refractivity contribution in [1.29, 1.82) is 0 Å². The van der Waals surface area contributed by atoms with E-state index in [1.54, 1.807) is 0 Å². The first-order valence-corrected chi connectivity index (χ1v) is 8.56. The second-order valence-corrected chi connectivity index (χ2v) is 7.61. The Morgan fingerprint density at radius 2 is 2.06 bits per heavy atom. The monoisotopic (exact) mass is 331 g/mol. The molecule has 3 nitrogen and oxygen atoms in total. The lowest BCUT2D eigenvalue weighted by atomic mass is 10.2. The maximum atomic E-state index is 11.2. The Hall–Kier alpha value is -0.720. The first-order chi connectivity index (χ1) is 7.96. The summed E-state index contributed by atoms with van der Waals surface area (Å²) in [6.07, 6.45) is 1.21. The molecular weight excluding hydrogens is 322 g/mol. The highest BCUT2D eigenvalue weighted by molar-refractivity contribution is 9.10. The second-order valence-electron chi connectivity index (χ2n) is 3.68. The van der Waals surface area contributed by atoms with Crippen LogP contribution in [-0.2, 0) is 15.6 Å². The maximum absolute atomic E-state index is 11.2. The number of rotatable bonds is 3. The van der Waals surface area contributed by atoms with Crippen molar-refractivity contribution in [1.82, 2.24) is 4.98 Å². The molecule has 0 fully saturated rings. The molecule has 0 saturated heterocycles. The Morgan fingerprint density at radius 3 is 2.71 bits per heavy atom. The molecule has 0 bridgehead atoms. The first-order valence-electron chi connectivity index (χ1n) is 4.83. The molecule has 0 aliphatic carbocycles. The van der Waals surface area contributed by atoms with E-state index in [9.17, 15) is 8.42 Å². The molecule has 1 aromatic heterocycles. The van der Waals surface area contributed by atoms with Crippen LogP contribution in [0.25, 0.3) is 11.3 Å². The summed E-state index contributed by atoms with van der Waals surface area (Å²) in [6, 6.07) is 7.74. The Bertz CT molecular complexity index is 634. The van der Waals surface area contributed by atoms with Crippen molar-refractivity contribution >= 4 is 37.1 Å². The summed E-state index contributed by atoms with van der Waals surface area (Å²) in [7, 11) is -3.02. The van der Waals surface area contributed by atoms with Crippen molar-refractivity contribution in [3.63, 3.8) is 0 Å². The molecule has 0 radical (unpaired) electrons. The minimum absolute atomic E-state index is 0.00210. The number of hydrogen-bond donors (Lipinski definition) is 0. The lowest BCUT2D eigenvalue weighted by Gasteiger charge is -1.99. The maximum Gasteiger partial charge on any atom is 0.153 e. The van der Waals surface area contributed by atoms with Crippen LogP contribution >= 0.6 is 27.3 Å². The first kappa shape index (κ1) is 12.7. The van der Waals surface area contributed by atoms with Gasteiger partial charge in [-0.3, -0.25) is 0 Å². The molecule has 2 rings (SSSR count). The highest BCUT2D eigenvalue weighted by atomic mass is 79.9. The Kier molecular flexibility index (Phi) is 3.65. The summed E-state index contributed by atoms with van der Waals surface area (Å²) in [5.74, 6) is 0.00210. The fourth-order valence-corrected chi connectivity index (χ4v) is 3.89. The largest absolute Gasteiger partial charge is 0.240 e. The van der Waals surface area contributed by atoms with Gasteiger partial charge in [0.05, 0.1) is 5.69 Å². The average Bonchev–Trinajstić information content (AvgIpc) is 2.64. The van der Waals surface area contributed by atoms with E-state index in [1.807, 2.05) is 29.6 Å². The van der Waals surface area contributed by atoms with Crippen molar-refractivity contribution in [3.05, 3.63) is 39.1 Å². The van der Waals surface area contributed by atoms with Crippen LogP contribution in [-0.4, -0.2) is 19.7 Å². The second kappa shape index (κ2) is 4.88. The number of halogens is 1. The van der Waals surface area contributed by atoms with Crippen LogP contribution in [0, 0.1) is 0 Å². The van der Waals surface area contributed by atoms with E-state index < -0.39 is 9.84 Å². The molecule has 1 aromatic carbocycles. The van der Waals surface area contributed by atoms with E-state index in [-0.39, 0.29) is 5.75 Å². The van der Waals surface area contributed by atoms with Gasteiger partial charge in [-0.05, 0) is 6.07 Å². The van der Waals surface area contributed by atoms with Gasteiger partial charge in [-0.1, -0.05) is 34.1 Å². The highest BCUT2D eigenvalue weighted by Crippen LogP contribution is 2.29. The molecule has 6 heteroatoms. The summed E-state index contributed by atoms with van der Waals surface area (Å²) in [6.45, 7) is 0. The molecule has 0 unspecified atom stereocenters. The average molecular weight is 332 g/mol. The predicted octanol–water partition coefficient (Wildman–Crippen LogP) is 3.12.